The van der Waals surface area contributed by atoms with Crippen molar-refractivity contribution < 1.29 is 14.7 Å². The quantitative estimate of drug-likeness (QED) is 0.742. The number of hydrogen-bond acceptors (Lipinski definition) is 3. The van der Waals surface area contributed by atoms with Gasteiger partial charge in [0.25, 0.3) is 0 Å². The van der Waals surface area contributed by atoms with E-state index in [0.29, 0.717) is 22.3 Å². The highest BCUT2D eigenvalue weighted by Crippen LogP contribution is 2.48. The number of carboxylic acids is 1. The molecular weight excluding hydrogens is 389 g/mol. The summed E-state index contributed by atoms with van der Waals surface area (Å²) in [7, 11) is 0. The van der Waals surface area contributed by atoms with Crippen LogP contribution in [0.2, 0.25) is 10.0 Å². The molecule has 2 bridgehead atoms. The van der Waals surface area contributed by atoms with Gasteiger partial charge in [-0.1, -0.05) is 41.4 Å². The van der Waals surface area contributed by atoms with Crippen LogP contribution in [-0.2, 0) is 16.1 Å². The molecule has 2 aliphatic rings. The number of allylic oxidation sites excluding steroid dienone is 2. The normalized spacial score (nSPS) is 25.7. The van der Waals surface area contributed by atoms with E-state index in [1.165, 1.54) is 0 Å². The molecular formula is C19H17Cl2N3O3. The second-order valence-electron chi connectivity index (χ2n) is 6.99. The van der Waals surface area contributed by atoms with Gasteiger partial charge in [-0.15, -0.1) is 0 Å². The van der Waals surface area contributed by atoms with E-state index in [-0.39, 0.29) is 17.7 Å². The Bertz CT molecular complexity index is 940. The number of carboxylic acid groups (broad SMARTS) is 1. The number of benzene rings is 1. The Labute approximate surface area is 165 Å². The van der Waals surface area contributed by atoms with Gasteiger partial charge >= 0.3 is 5.97 Å². The molecule has 8 heteroatoms. The predicted octanol–water partition coefficient (Wildman–Crippen LogP) is 3.70. The second-order valence-corrected chi connectivity index (χ2v) is 7.83. The Morgan fingerprint density at radius 1 is 1.22 bits per heavy atom. The zero-order chi connectivity index (χ0) is 19.1. The Balaban J connectivity index is 1.45. The number of halogens is 2. The first-order chi connectivity index (χ1) is 12.9. The summed E-state index contributed by atoms with van der Waals surface area (Å²) >= 11 is 12.1. The first-order valence-electron chi connectivity index (χ1n) is 8.61. The lowest BCUT2D eigenvalue weighted by Gasteiger charge is -2.23. The number of nitrogens with one attached hydrogen (secondary N) is 1. The van der Waals surface area contributed by atoms with E-state index in [2.05, 4.69) is 10.4 Å². The number of carbonyl (C=O) groups is 2. The molecule has 0 aliphatic heterocycles. The summed E-state index contributed by atoms with van der Waals surface area (Å²) in [4.78, 5) is 24.3. The third-order valence-corrected chi connectivity index (χ3v) is 5.88. The van der Waals surface area contributed by atoms with Crippen molar-refractivity contribution in [2.24, 2.45) is 23.7 Å². The van der Waals surface area contributed by atoms with Gasteiger partial charge < -0.3 is 10.4 Å². The summed E-state index contributed by atoms with van der Waals surface area (Å²) in [5, 5.41) is 17.6. The lowest BCUT2D eigenvalue weighted by Crippen LogP contribution is -2.36. The van der Waals surface area contributed by atoms with E-state index < -0.39 is 17.8 Å². The fourth-order valence-electron chi connectivity index (χ4n) is 4.08. The number of carbonyl (C=O) groups excluding carboxylic acids is 1. The number of nitrogens with zero attached hydrogens (tertiary/aromatic N) is 2. The van der Waals surface area contributed by atoms with Crippen LogP contribution in [0, 0.1) is 23.7 Å². The molecule has 0 saturated heterocycles. The SMILES string of the molecule is O=C(O)[C@H]1[C@H](C(=O)Nc2cnn(Cc3ccc(Cl)cc3Cl)c2)[C@H]2C=C[C@H]1C2. The fraction of sp³-hybridized carbons (Fsp3) is 0.316. The van der Waals surface area contributed by atoms with Gasteiger partial charge in [-0.05, 0) is 36.0 Å². The van der Waals surface area contributed by atoms with Crippen LogP contribution in [0.25, 0.3) is 0 Å². The molecule has 1 heterocycles. The van der Waals surface area contributed by atoms with Crippen LogP contribution in [0.15, 0.2) is 42.7 Å². The largest absolute Gasteiger partial charge is 0.481 e. The summed E-state index contributed by atoms with van der Waals surface area (Å²) in [5.74, 6) is -2.48. The molecule has 0 spiro atoms. The van der Waals surface area contributed by atoms with Crippen LogP contribution in [0.4, 0.5) is 5.69 Å². The number of amides is 1. The molecule has 27 heavy (non-hydrogen) atoms. The lowest BCUT2D eigenvalue weighted by molar-refractivity contribution is -0.146. The first kappa shape index (κ1) is 18.1. The van der Waals surface area contributed by atoms with Crippen molar-refractivity contribution in [2.45, 2.75) is 13.0 Å². The van der Waals surface area contributed by atoms with Gasteiger partial charge in [0.05, 0.1) is 30.3 Å². The topological polar surface area (TPSA) is 84.2 Å². The van der Waals surface area contributed by atoms with Crippen molar-refractivity contribution >= 4 is 40.8 Å². The summed E-state index contributed by atoms with van der Waals surface area (Å²) in [6.45, 7) is 0.431. The summed E-state index contributed by atoms with van der Waals surface area (Å²) in [5.41, 5.74) is 1.38. The third-order valence-electron chi connectivity index (χ3n) is 5.30. The molecule has 4 rings (SSSR count). The minimum absolute atomic E-state index is 0.0148. The van der Waals surface area contributed by atoms with Gasteiger partial charge in [0.1, 0.15) is 0 Å². The molecule has 1 saturated carbocycles. The number of rotatable bonds is 5. The van der Waals surface area contributed by atoms with Gasteiger partial charge in [-0.3, -0.25) is 14.3 Å². The molecule has 6 nitrogen and oxygen atoms in total. The zero-order valence-corrected chi connectivity index (χ0v) is 15.7. The van der Waals surface area contributed by atoms with E-state index in [1.54, 1.807) is 29.2 Å². The Morgan fingerprint density at radius 2 is 1.96 bits per heavy atom. The number of aromatic nitrogens is 2. The van der Waals surface area contributed by atoms with Gasteiger partial charge in [0, 0.05) is 16.2 Å². The predicted molar refractivity (Wildman–Crippen MR) is 102 cm³/mol. The highest BCUT2D eigenvalue weighted by molar-refractivity contribution is 6.35. The molecule has 1 aromatic carbocycles. The van der Waals surface area contributed by atoms with Gasteiger partial charge in [-0.2, -0.15) is 5.10 Å². The van der Waals surface area contributed by atoms with Crippen molar-refractivity contribution in [3.63, 3.8) is 0 Å². The van der Waals surface area contributed by atoms with Crippen molar-refractivity contribution in [2.75, 3.05) is 5.32 Å². The number of aliphatic carboxylic acids is 1. The number of fused-ring (bicyclic) bond motifs is 2. The van der Waals surface area contributed by atoms with Crippen LogP contribution >= 0.6 is 23.2 Å². The van der Waals surface area contributed by atoms with Crippen molar-refractivity contribution in [1.82, 2.24) is 9.78 Å². The molecule has 0 unspecified atom stereocenters. The van der Waals surface area contributed by atoms with Crippen molar-refractivity contribution in [3.05, 3.63) is 58.4 Å². The highest BCUT2D eigenvalue weighted by atomic mass is 35.5. The zero-order valence-electron chi connectivity index (χ0n) is 14.2. The minimum atomic E-state index is -0.917. The van der Waals surface area contributed by atoms with Gasteiger partial charge in [0.15, 0.2) is 0 Å². The average Bonchev–Trinajstić information content (AvgIpc) is 3.33. The van der Waals surface area contributed by atoms with Crippen LogP contribution in [0.1, 0.15) is 12.0 Å². The maximum Gasteiger partial charge on any atom is 0.307 e. The third kappa shape index (κ3) is 3.47. The molecule has 1 fully saturated rings. The van der Waals surface area contributed by atoms with E-state index in [0.717, 1.165) is 12.0 Å². The minimum Gasteiger partial charge on any atom is -0.481 e. The molecule has 1 aromatic heterocycles. The van der Waals surface area contributed by atoms with Crippen molar-refractivity contribution in [3.8, 4) is 0 Å². The summed E-state index contributed by atoms with van der Waals surface area (Å²) < 4.78 is 1.65. The van der Waals surface area contributed by atoms with Gasteiger partial charge in [-0.25, -0.2) is 0 Å². The molecule has 1 amide bonds. The molecule has 2 N–H and O–H groups in total. The van der Waals surface area contributed by atoms with E-state index in [4.69, 9.17) is 23.2 Å². The molecule has 4 atom stereocenters. The molecule has 140 valence electrons. The first-order valence-corrected chi connectivity index (χ1v) is 9.36. The van der Waals surface area contributed by atoms with Crippen LogP contribution in [-0.4, -0.2) is 26.8 Å². The van der Waals surface area contributed by atoms with Crippen LogP contribution in [0.5, 0.6) is 0 Å². The van der Waals surface area contributed by atoms with Crippen molar-refractivity contribution in [1.29, 1.82) is 0 Å². The van der Waals surface area contributed by atoms with Gasteiger partial charge in [0.2, 0.25) is 5.91 Å². The number of hydrogen-bond donors (Lipinski definition) is 2. The maximum absolute atomic E-state index is 12.7. The van der Waals surface area contributed by atoms with E-state index in [9.17, 15) is 14.7 Å². The second kappa shape index (κ2) is 7.02. The fourth-order valence-corrected chi connectivity index (χ4v) is 4.55. The smallest absolute Gasteiger partial charge is 0.307 e. The lowest BCUT2D eigenvalue weighted by atomic mass is 9.82. The Kier molecular flexibility index (Phi) is 4.70. The average molecular weight is 406 g/mol. The molecule has 2 aromatic rings. The Hall–Kier alpha value is -2.31. The molecule has 2 aliphatic carbocycles. The standard InChI is InChI=1S/C19H17Cl2N3O3/c20-13-4-3-12(15(21)6-13)8-24-9-14(7-22-24)23-18(25)16-10-1-2-11(5-10)17(16)19(26)27/h1-4,6-7,9-11,16-17H,5,8H2,(H,23,25)(H,26,27)/t10-,11-,16+,17+/m0/s1. The summed E-state index contributed by atoms with van der Waals surface area (Å²) in [6, 6.07) is 5.24. The van der Waals surface area contributed by atoms with E-state index in [1.807, 2.05) is 18.2 Å². The number of anilines is 1. The Morgan fingerprint density at radius 3 is 2.67 bits per heavy atom. The maximum atomic E-state index is 12.7. The summed E-state index contributed by atoms with van der Waals surface area (Å²) in [6.07, 6.45) is 7.84. The monoisotopic (exact) mass is 405 g/mol. The molecule has 0 radical (unpaired) electrons. The van der Waals surface area contributed by atoms with Crippen LogP contribution < -0.4 is 5.32 Å². The van der Waals surface area contributed by atoms with Crippen LogP contribution in [0.3, 0.4) is 0 Å². The highest BCUT2D eigenvalue weighted by Gasteiger charge is 2.51. The van der Waals surface area contributed by atoms with E-state index >= 15 is 0 Å².